The number of benzene rings is 2. The van der Waals surface area contributed by atoms with E-state index in [1.165, 1.54) is 12.1 Å². The molecule has 3 rings (SSSR count). The lowest BCUT2D eigenvalue weighted by atomic mass is 10.2. The van der Waals surface area contributed by atoms with Gasteiger partial charge < -0.3 is 14.1 Å². The van der Waals surface area contributed by atoms with Gasteiger partial charge in [0.25, 0.3) is 10.0 Å². The van der Waals surface area contributed by atoms with E-state index >= 15 is 0 Å². The van der Waals surface area contributed by atoms with Gasteiger partial charge in [0, 0.05) is 31.2 Å². The van der Waals surface area contributed by atoms with Crippen LogP contribution in [0.2, 0.25) is 0 Å². The molecule has 7 nitrogen and oxygen atoms in total. The Morgan fingerprint density at radius 3 is 2.55 bits per heavy atom. The van der Waals surface area contributed by atoms with E-state index in [1.807, 2.05) is 45.0 Å². The van der Waals surface area contributed by atoms with Gasteiger partial charge in [-0.15, -0.1) is 0 Å². The standard InChI is InChI=1S/C21H24N2O5S/c1-14(2)13-27-17-7-5-6-8-20(17)29(25,26)22-21(24)19-11-15-9-10-16(23(3)4)12-18(15)28-19/h5-12,14H,13H2,1-4H3,(H,22,24). The van der Waals surface area contributed by atoms with Crippen LogP contribution < -0.4 is 14.4 Å². The first-order valence-electron chi connectivity index (χ1n) is 9.17. The van der Waals surface area contributed by atoms with Crippen LogP contribution in [-0.2, 0) is 10.0 Å². The average molecular weight is 416 g/mol. The quantitative estimate of drug-likeness (QED) is 0.632. The zero-order valence-corrected chi connectivity index (χ0v) is 17.6. The van der Waals surface area contributed by atoms with Gasteiger partial charge in [0.2, 0.25) is 0 Å². The predicted molar refractivity (Wildman–Crippen MR) is 112 cm³/mol. The second-order valence-corrected chi connectivity index (χ2v) is 8.96. The molecule has 1 heterocycles. The number of carbonyl (C=O) groups excluding carboxylic acids is 1. The van der Waals surface area contributed by atoms with Crippen molar-refractivity contribution >= 4 is 32.6 Å². The molecule has 1 amide bonds. The second-order valence-electron chi connectivity index (χ2n) is 7.31. The lowest BCUT2D eigenvalue weighted by Gasteiger charge is -2.13. The van der Waals surface area contributed by atoms with Gasteiger partial charge in [-0.1, -0.05) is 26.0 Å². The fourth-order valence-corrected chi connectivity index (χ4v) is 3.79. The fourth-order valence-electron chi connectivity index (χ4n) is 2.69. The molecule has 0 saturated carbocycles. The van der Waals surface area contributed by atoms with Crippen LogP contribution >= 0.6 is 0 Å². The molecule has 0 aliphatic carbocycles. The number of nitrogens with one attached hydrogen (secondary N) is 1. The van der Waals surface area contributed by atoms with Crippen molar-refractivity contribution in [1.29, 1.82) is 0 Å². The van der Waals surface area contributed by atoms with Crippen LogP contribution in [0.4, 0.5) is 5.69 Å². The lowest BCUT2D eigenvalue weighted by Crippen LogP contribution is -2.30. The van der Waals surface area contributed by atoms with E-state index in [1.54, 1.807) is 24.3 Å². The normalized spacial score (nSPS) is 11.6. The maximum Gasteiger partial charge on any atom is 0.300 e. The minimum absolute atomic E-state index is 0.0833. The van der Waals surface area contributed by atoms with Crippen LogP contribution in [0.15, 0.2) is 57.8 Å². The minimum atomic E-state index is -4.14. The molecule has 2 aromatic carbocycles. The molecule has 0 saturated heterocycles. The third kappa shape index (κ3) is 4.71. The number of sulfonamides is 1. The number of carbonyl (C=O) groups is 1. The van der Waals surface area contributed by atoms with Gasteiger partial charge in [0.05, 0.1) is 6.61 Å². The molecule has 0 aliphatic heterocycles. The predicted octanol–water partition coefficient (Wildman–Crippen LogP) is 3.65. The van der Waals surface area contributed by atoms with Gasteiger partial charge in [0.1, 0.15) is 16.2 Å². The average Bonchev–Trinajstić information content (AvgIpc) is 3.09. The maximum atomic E-state index is 12.8. The van der Waals surface area contributed by atoms with Crippen LogP contribution in [0.5, 0.6) is 5.75 Å². The minimum Gasteiger partial charge on any atom is -0.492 e. The van der Waals surface area contributed by atoms with Gasteiger partial charge in [-0.05, 0) is 36.2 Å². The van der Waals surface area contributed by atoms with Crippen molar-refractivity contribution in [2.24, 2.45) is 5.92 Å². The molecule has 0 atom stereocenters. The summed E-state index contributed by atoms with van der Waals surface area (Å²) in [5.74, 6) is -0.504. The Morgan fingerprint density at radius 2 is 1.86 bits per heavy atom. The summed E-state index contributed by atoms with van der Waals surface area (Å²) in [6.45, 7) is 4.28. The molecule has 0 fully saturated rings. The monoisotopic (exact) mass is 416 g/mol. The summed E-state index contributed by atoms with van der Waals surface area (Å²) in [5, 5.41) is 0.707. The van der Waals surface area contributed by atoms with E-state index in [0.29, 0.717) is 17.6 Å². The number of para-hydroxylation sites is 1. The van der Waals surface area contributed by atoms with Crippen LogP contribution in [0.3, 0.4) is 0 Å². The summed E-state index contributed by atoms with van der Waals surface area (Å²) in [6, 6.07) is 13.2. The third-order valence-corrected chi connectivity index (χ3v) is 5.55. The number of anilines is 1. The van der Waals surface area contributed by atoms with Crippen molar-refractivity contribution < 1.29 is 22.4 Å². The van der Waals surface area contributed by atoms with Gasteiger partial charge in [-0.25, -0.2) is 13.1 Å². The van der Waals surface area contributed by atoms with Gasteiger partial charge >= 0.3 is 5.91 Å². The Hall–Kier alpha value is -3.00. The van der Waals surface area contributed by atoms with Crippen molar-refractivity contribution in [1.82, 2.24) is 4.72 Å². The first kappa shape index (κ1) is 20.7. The maximum absolute atomic E-state index is 12.8. The molecule has 0 radical (unpaired) electrons. The van der Waals surface area contributed by atoms with Crippen molar-refractivity contribution in [3.05, 3.63) is 54.3 Å². The van der Waals surface area contributed by atoms with Crippen molar-refractivity contribution in [3.8, 4) is 5.75 Å². The summed E-state index contributed by atoms with van der Waals surface area (Å²) >= 11 is 0. The second kappa shape index (κ2) is 8.16. The molecule has 8 heteroatoms. The molecule has 1 N–H and O–H groups in total. The Kier molecular flexibility index (Phi) is 5.83. The number of rotatable bonds is 7. The Labute approximate surface area is 170 Å². The first-order chi connectivity index (χ1) is 13.7. The van der Waals surface area contributed by atoms with E-state index in [4.69, 9.17) is 9.15 Å². The van der Waals surface area contributed by atoms with Crippen molar-refractivity contribution in [2.45, 2.75) is 18.7 Å². The molecule has 0 aliphatic rings. The SMILES string of the molecule is CC(C)COc1ccccc1S(=O)(=O)NC(=O)c1cc2ccc(N(C)C)cc2o1. The Morgan fingerprint density at radius 1 is 1.14 bits per heavy atom. The Balaban J connectivity index is 1.86. The molecule has 3 aromatic rings. The van der Waals surface area contributed by atoms with E-state index in [0.717, 1.165) is 5.69 Å². The van der Waals surface area contributed by atoms with Gasteiger partial charge in [0.15, 0.2) is 5.76 Å². The largest absolute Gasteiger partial charge is 0.492 e. The number of furan rings is 1. The summed E-state index contributed by atoms with van der Waals surface area (Å²) in [7, 11) is -0.354. The van der Waals surface area contributed by atoms with Crippen LogP contribution in [0.1, 0.15) is 24.4 Å². The van der Waals surface area contributed by atoms with E-state index in [2.05, 4.69) is 4.72 Å². The number of amides is 1. The van der Waals surface area contributed by atoms with Crippen molar-refractivity contribution in [2.75, 3.05) is 25.6 Å². The molecule has 0 spiro atoms. The smallest absolute Gasteiger partial charge is 0.300 e. The number of hydrogen-bond donors (Lipinski definition) is 1. The third-order valence-electron chi connectivity index (χ3n) is 4.18. The van der Waals surface area contributed by atoms with E-state index in [-0.39, 0.29) is 22.3 Å². The van der Waals surface area contributed by atoms with E-state index in [9.17, 15) is 13.2 Å². The highest BCUT2D eigenvalue weighted by atomic mass is 32.2. The molecular weight excluding hydrogens is 392 g/mol. The van der Waals surface area contributed by atoms with Gasteiger partial charge in [-0.2, -0.15) is 0 Å². The highest BCUT2D eigenvalue weighted by Gasteiger charge is 2.24. The van der Waals surface area contributed by atoms with E-state index < -0.39 is 15.9 Å². The van der Waals surface area contributed by atoms with Gasteiger partial charge in [-0.3, -0.25) is 4.79 Å². The number of ether oxygens (including phenoxy) is 1. The summed E-state index contributed by atoms with van der Waals surface area (Å²) in [5.41, 5.74) is 1.40. The highest BCUT2D eigenvalue weighted by molar-refractivity contribution is 7.90. The zero-order valence-electron chi connectivity index (χ0n) is 16.8. The van der Waals surface area contributed by atoms with Crippen LogP contribution in [-0.4, -0.2) is 35.0 Å². The summed E-state index contributed by atoms with van der Waals surface area (Å²) < 4.78 is 38.8. The molecule has 154 valence electrons. The summed E-state index contributed by atoms with van der Waals surface area (Å²) in [4.78, 5) is 14.4. The van der Waals surface area contributed by atoms with Crippen LogP contribution in [0.25, 0.3) is 11.0 Å². The first-order valence-corrected chi connectivity index (χ1v) is 10.7. The number of hydrogen-bond acceptors (Lipinski definition) is 6. The molecule has 0 bridgehead atoms. The van der Waals surface area contributed by atoms with Crippen molar-refractivity contribution in [3.63, 3.8) is 0 Å². The molecule has 29 heavy (non-hydrogen) atoms. The zero-order chi connectivity index (χ0) is 21.2. The van der Waals surface area contributed by atoms with Crippen LogP contribution in [0, 0.1) is 5.92 Å². The number of fused-ring (bicyclic) bond motifs is 1. The fraction of sp³-hybridized carbons (Fsp3) is 0.286. The lowest BCUT2D eigenvalue weighted by molar-refractivity contribution is 0.0956. The molecular formula is C21H24N2O5S. The molecule has 1 aromatic heterocycles. The topological polar surface area (TPSA) is 88.8 Å². The number of nitrogens with zero attached hydrogens (tertiary/aromatic N) is 1. The highest BCUT2D eigenvalue weighted by Crippen LogP contribution is 2.26. The Bertz CT molecular complexity index is 1130. The molecule has 0 unspecified atom stereocenters. The summed E-state index contributed by atoms with van der Waals surface area (Å²) in [6.07, 6.45) is 0.